The Hall–Kier alpha value is -2.58. The number of nitrogens with one attached hydrogen (secondary N) is 1. The van der Waals surface area contributed by atoms with E-state index in [1.807, 2.05) is 0 Å². The number of nitrogens with zero attached hydrogens (tertiary/aromatic N) is 1. The van der Waals surface area contributed by atoms with Crippen LogP contribution in [0.5, 0.6) is 11.5 Å². The van der Waals surface area contributed by atoms with Gasteiger partial charge >= 0.3 is 12.4 Å². The number of halogens is 2. The molecule has 0 aliphatic carbocycles. The Bertz CT molecular complexity index is 732. The fourth-order valence-electron chi connectivity index (χ4n) is 2.83. The lowest BCUT2D eigenvalue weighted by Gasteiger charge is -2.28. The van der Waals surface area contributed by atoms with Crippen LogP contribution >= 0.6 is 0 Å². The van der Waals surface area contributed by atoms with E-state index in [9.17, 15) is 18.4 Å². The maximum Gasteiger partial charge on any atom is 0.586 e. The number of likely N-dealkylation sites (tertiary alicyclic amines) is 1. The third kappa shape index (κ3) is 3.97. The Balaban J connectivity index is 1.67. The van der Waals surface area contributed by atoms with Crippen LogP contribution in [0.3, 0.4) is 0 Å². The van der Waals surface area contributed by atoms with Gasteiger partial charge < -0.3 is 19.5 Å². The highest BCUT2D eigenvalue weighted by molar-refractivity contribution is 5.97. The van der Waals surface area contributed by atoms with Crippen LogP contribution < -0.4 is 14.8 Å². The minimum Gasteiger partial charge on any atom is -0.444 e. The van der Waals surface area contributed by atoms with Gasteiger partial charge in [-0.1, -0.05) is 0 Å². The summed E-state index contributed by atoms with van der Waals surface area (Å²) in [7, 11) is 0. The van der Waals surface area contributed by atoms with E-state index in [0.29, 0.717) is 19.4 Å². The van der Waals surface area contributed by atoms with Crippen molar-refractivity contribution in [2.75, 3.05) is 11.9 Å². The first kappa shape index (κ1) is 18.2. The third-order valence-electron chi connectivity index (χ3n) is 3.85. The first-order valence-corrected chi connectivity index (χ1v) is 8.24. The Morgan fingerprint density at radius 3 is 2.65 bits per heavy atom. The van der Waals surface area contributed by atoms with Gasteiger partial charge in [-0.15, -0.1) is 8.78 Å². The second kappa shape index (κ2) is 6.30. The molecule has 0 radical (unpaired) electrons. The summed E-state index contributed by atoms with van der Waals surface area (Å²) in [6.07, 6.45) is -3.11. The van der Waals surface area contributed by atoms with E-state index in [0.717, 1.165) is 0 Å². The maximum atomic E-state index is 13.1. The number of amides is 2. The summed E-state index contributed by atoms with van der Waals surface area (Å²) in [6.45, 7) is 5.66. The van der Waals surface area contributed by atoms with Crippen molar-refractivity contribution in [3.8, 4) is 11.5 Å². The van der Waals surface area contributed by atoms with Gasteiger partial charge in [-0.3, -0.25) is 9.69 Å². The summed E-state index contributed by atoms with van der Waals surface area (Å²) in [5.74, 6) is -0.688. The molecule has 2 aliphatic rings. The molecule has 142 valence electrons. The second-order valence-electron chi connectivity index (χ2n) is 7.15. The van der Waals surface area contributed by atoms with Gasteiger partial charge in [0.15, 0.2) is 11.5 Å². The van der Waals surface area contributed by atoms with Crippen LogP contribution in [-0.2, 0) is 9.53 Å². The van der Waals surface area contributed by atoms with E-state index in [2.05, 4.69) is 14.8 Å². The number of carbonyl (C=O) groups excluding carboxylic acids is 2. The number of rotatable bonds is 2. The van der Waals surface area contributed by atoms with Gasteiger partial charge in [-0.05, 0) is 45.7 Å². The number of fused-ring (bicyclic) bond motifs is 1. The molecule has 2 aliphatic heterocycles. The molecule has 2 amide bonds. The highest BCUT2D eigenvalue weighted by Gasteiger charge is 2.43. The summed E-state index contributed by atoms with van der Waals surface area (Å²) >= 11 is 0. The molecule has 9 heteroatoms. The van der Waals surface area contributed by atoms with Crippen molar-refractivity contribution in [1.82, 2.24) is 4.90 Å². The molecule has 1 N–H and O–H groups in total. The molecule has 1 atom stereocenters. The Labute approximate surface area is 149 Å². The smallest absolute Gasteiger partial charge is 0.444 e. The Morgan fingerprint density at radius 1 is 1.27 bits per heavy atom. The molecule has 0 unspecified atom stereocenters. The van der Waals surface area contributed by atoms with Gasteiger partial charge in [0, 0.05) is 18.3 Å². The highest BCUT2D eigenvalue weighted by Crippen LogP contribution is 2.42. The fraction of sp³-hybridized carbons (Fsp3) is 0.529. The zero-order valence-electron chi connectivity index (χ0n) is 14.7. The van der Waals surface area contributed by atoms with Crippen molar-refractivity contribution in [2.24, 2.45) is 0 Å². The molecule has 1 fully saturated rings. The van der Waals surface area contributed by atoms with Gasteiger partial charge in [0.1, 0.15) is 11.6 Å². The molecule has 7 nitrogen and oxygen atoms in total. The summed E-state index contributed by atoms with van der Waals surface area (Å²) in [6, 6.07) is 3.28. The van der Waals surface area contributed by atoms with Gasteiger partial charge in [-0.2, -0.15) is 0 Å². The molecular weight excluding hydrogens is 350 g/mol. The molecule has 26 heavy (non-hydrogen) atoms. The number of hydrogen-bond acceptors (Lipinski definition) is 5. The lowest BCUT2D eigenvalue weighted by atomic mass is 10.2. The van der Waals surface area contributed by atoms with E-state index in [1.165, 1.54) is 23.1 Å². The highest BCUT2D eigenvalue weighted by atomic mass is 19.3. The first-order chi connectivity index (χ1) is 12.0. The molecule has 0 saturated carbocycles. The average Bonchev–Trinajstić information content (AvgIpc) is 3.07. The lowest BCUT2D eigenvalue weighted by molar-refractivity contribution is -0.286. The lowest BCUT2D eigenvalue weighted by Crippen LogP contribution is -2.45. The summed E-state index contributed by atoms with van der Waals surface area (Å²) in [4.78, 5) is 26.2. The molecule has 0 bridgehead atoms. The normalized spacial score (nSPS) is 20.8. The first-order valence-electron chi connectivity index (χ1n) is 8.24. The minimum atomic E-state index is -3.72. The molecule has 1 aromatic carbocycles. The molecular formula is C17H20F2N2O5. The van der Waals surface area contributed by atoms with Crippen molar-refractivity contribution in [3.05, 3.63) is 18.2 Å². The van der Waals surface area contributed by atoms with Gasteiger partial charge in [0.05, 0.1) is 0 Å². The topological polar surface area (TPSA) is 77.1 Å². The van der Waals surface area contributed by atoms with Gasteiger partial charge in [-0.25, -0.2) is 4.79 Å². The van der Waals surface area contributed by atoms with E-state index in [1.54, 1.807) is 20.8 Å². The van der Waals surface area contributed by atoms with Crippen LogP contribution in [0, 0.1) is 0 Å². The standard InChI is InChI=1S/C17H20F2N2O5/c1-16(2,3)26-15(23)21-8-4-5-11(21)14(22)20-10-6-7-12-13(9-10)25-17(18,19)24-12/h6-7,9,11H,4-5,8H2,1-3H3,(H,20,22)/t11-/m1/s1. The second-order valence-corrected chi connectivity index (χ2v) is 7.15. The number of hydrogen-bond donors (Lipinski definition) is 1. The molecule has 1 saturated heterocycles. The number of carbonyl (C=O) groups is 2. The minimum absolute atomic E-state index is 0.107. The average molecular weight is 370 g/mol. The van der Waals surface area contributed by atoms with E-state index in [-0.39, 0.29) is 17.2 Å². The fourth-order valence-corrected chi connectivity index (χ4v) is 2.83. The van der Waals surface area contributed by atoms with Crippen LogP contribution in [0.2, 0.25) is 0 Å². The zero-order chi connectivity index (χ0) is 19.1. The van der Waals surface area contributed by atoms with Crippen LogP contribution in [-0.4, -0.2) is 41.4 Å². The molecule has 1 aromatic rings. The van der Waals surface area contributed by atoms with Crippen molar-refractivity contribution in [2.45, 2.75) is 51.6 Å². The molecule has 3 rings (SSSR count). The number of alkyl halides is 2. The van der Waals surface area contributed by atoms with Crippen molar-refractivity contribution in [3.63, 3.8) is 0 Å². The Kier molecular flexibility index (Phi) is 4.41. The van der Waals surface area contributed by atoms with Crippen molar-refractivity contribution < 1.29 is 32.6 Å². The van der Waals surface area contributed by atoms with Crippen molar-refractivity contribution in [1.29, 1.82) is 0 Å². The SMILES string of the molecule is CC(C)(C)OC(=O)N1CCC[C@@H]1C(=O)Nc1ccc2c(c1)OC(F)(F)O2. The third-order valence-corrected chi connectivity index (χ3v) is 3.85. The van der Waals surface area contributed by atoms with Crippen LogP contribution in [0.1, 0.15) is 33.6 Å². The monoisotopic (exact) mass is 370 g/mol. The summed E-state index contributed by atoms with van der Waals surface area (Å²) in [5.41, 5.74) is -0.394. The predicted octanol–water partition coefficient (Wildman–Crippen LogP) is 3.35. The summed E-state index contributed by atoms with van der Waals surface area (Å²) < 4.78 is 40.1. The van der Waals surface area contributed by atoms with Crippen molar-refractivity contribution >= 4 is 17.7 Å². The predicted molar refractivity (Wildman–Crippen MR) is 87.2 cm³/mol. The van der Waals surface area contributed by atoms with Gasteiger partial charge in [0.2, 0.25) is 5.91 Å². The number of anilines is 1. The van der Waals surface area contributed by atoms with E-state index in [4.69, 9.17) is 4.74 Å². The Morgan fingerprint density at radius 2 is 1.96 bits per heavy atom. The van der Waals surface area contributed by atoms with E-state index >= 15 is 0 Å². The maximum absolute atomic E-state index is 13.1. The molecule has 2 heterocycles. The largest absolute Gasteiger partial charge is 0.586 e. The van der Waals surface area contributed by atoms with Crippen LogP contribution in [0.4, 0.5) is 19.3 Å². The zero-order valence-corrected chi connectivity index (χ0v) is 14.7. The molecule has 0 aromatic heterocycles. The van der Waals surface area contributed by atoms with Crippen LogP contribution in [0.25, 0.3) is 0 Å². The van der Waals surface area contributed by atoms with Crippen LogP contribution in [0.15, 0.2) is 18.2 Å². The molecule has 0 spiro atoms. The summed E-state index contributed by atoms with van der Waals surface area (Å²) in [5, 5.41) is 2.62. The van der Waals surface area contributed by atoms with Gasteiger partial charge in [0.25, 0.3) is 0 Å². The number of benzene rings is 1. The van der Waals surface area contributed by atoms with E-state index < -0.39 is 29.9 Å². The number of ether oxygens (including phenoxy) is 3. The quantitative estimate of drug-likeness (QED) is 0.864.